The quantitative estimate of drug-likeness (QED) is 0.297. The molecule has 0 spiro atoms. The Labute approximate surface area is 206 Å². The molecule has 0 aliphatic carbocycles. The summed E-state index contributed by atoms with van der Waals surface area (Å²) in [7, 11) is -3.88. The highest BCUT2D eigenvalue weighted by atomic mass is 32.2. The molecule has 0 radical (unpaired) electrons. The second-order valence-electron chi connectivity index (χ2n) is 7.61. The van der Waals surface area contributed by atoms with Crippen molar-refractivity contribution < 1.29 is 23.2 Å². The lowest BCUT2D eigenvalue weighted by Crippen LogP contribution is -2.23. The lowest BCUT2D eigenvalue weighted by Gasteiger charge is -2.05. The molecule has 36 heavy (non-hydrogen) atoms. The normalized spacial score (nSPS) is 13.5. The highest BCUT2D eigenvalue weighted by molar-refractivity contribution is 7.89. The maximum Gasteiger partial charge on any atom is 0.279 e. The zero-order valence-corrected chi connectivity index (χ0v) is 19.7. The maximum absolute atomic E-state index is 12.8. The molecule has 0 saturated carbocycles. The number of amides is 1. The van der Waals surface area contributed by atoms with Crippen LogP contribution in [0.4, 0.5) is 11.4 Å². The predicted octanol–water partition coefficient (Wildman–Crippen LogP) is 1.39. The number of nitro benzene ring substituents is 1. The van der Waals surface area contributed by atoms with E-state index in [0.29, 0.717) is 11.4 Å². The summed E-state index contributed by atoms with van der Waals surface area (Å²) in [6.07, 6.45) is 0. The Kier molecular flexibility index (Phi) is 5.59. The first-order valence-electron chi connectivity index (χ1n) is 10.2. The lowest BCUT2D eigenvalue weighted by atomic mass is 10.1. The first-order valence-corrected chi connectivity index (χ1v) is 12.6. The van der Waals surface area contributed by atoms with Crippen molar-refractivity contribution in [3.05, 3.63) is 103 Å². The second-order valence-corrected chi connectivity index (χ2v) is 10.1. The molecule has 4 aromatic rings. The summed E-state index contributed by atoms with van der Waals surface area (Å²) in [5.41, 5.74) is 0.706. The van der Waals surface area contributed by atoms with Gasteiger partial charge in [-0.25, -0.2) is 23.5 Å². The number of nitro groups is 1. The Hall–Kier alpha value is -4.46. The van der Waals surface area contributed by atoms with E-state index in [1.165, 1.54) is 47.0 Å². The third-order valence-electron chi connectivity index (χ3n) is 5.33. The number of para-hydroxylation sites is 1. The standard InChI is InChI=1S/C23H15N5O6S2/c24-36(33,34)16-9-6-13(7-10-16)25-23-27(14-4-2-1-3-5-14)22(30)20(35-23)19-17-12-15(28(31)32)8-11-18(17)26-21(19)29/h1-12,30H,(H2,24,33,34). The van der Waals surface area contributed by atoms with Crippen LogP contribution in [-0.2, 0) is 14.8 Å². The summed E-state index contributed by atoms with van der Waals surface area (Å²) in [6.45, 7) is 0. The van der Waals surface area contributed by atoms with Crippen LogP contribution in [0, 0.1) is 10.1 Å². The van der Waals surface area contributed by atoms with Crippen molar-refractivity contribution in [3.63, 3.8) is 0 Å². The van der Waals surface area contributed by atoms with E-state index in [0.717, 1.165) is 11.3 Å². The van der Waals surface area contributed by atoms with Crippen LogP contribution in [0.5, 0.6) is 5.88 Å². The van der Waals surface area contributed by atoms with Gasteiger partial charge in [0, 0.05) is 17.4 Å². The molecule has 3 N–H and O–H groups in total. The number of thiazole rings is 1. The summed E-state index contributed by atoms with van der Waals surface area (Å²) in [5, 5.41) is 28.2. The molecule has 0 saturated heterocycles. The zero-order valence-electron chi connectivity index (χ0n) is 18.1. The molecule has 0 atom stereocenters. The molecule has 1 aliphatic heterocycles. The highest BCUT2D eigenvalue weighted by Gasteiger charge is 2.27. The van der Waals surface area contributed by atoms with Gasteiger partial charge in [0.2, 0.25) is 15.9 Å². The van der Waals surface area contributed by atoms with Crippen LogP contribution < -0.4 is 20.5 Å². The molecule has 11 nitrogen and oxygen atoms in total. The SMILES string of the molecule is NS(=O)(=O)c1ccc(N=c2sc(C3=c4cc([N+](=O)[O-])ccc4=NC3=O)c(O)n2-c2ccccc2)cc1. The van der Waals surface area contributed by atoms with E-state index in [-0.39, 0.29) is 42.3 Å². The van der Waals surface area contributed by atoms with E-state index in [4.69, 9.17) is 5.14 Å². The maximum atomic E-state index is 12.8. The van der Waals surface area contributed by atoms with Crippen molar-refractivity contribution in [1.82, 2.24) is 4.57 Å². The number of benzene rings is 3. The minimum atomic E-state index is -3.88. The van der Waals surface area contributed by atoms with Crippen LogP contribution >= 0.6 is 11.3 Å². The number of hydrogen-bond acceptors (Lipinski definition) is 8. The number of fused-ring (bicyclic) bond motifs is 1. The van der Waals surface area contributed by atoms with Crippen LogP contribution in [0.3, 0.4) is 0 Å². The number of hydrogen-bond donors (Lipinski definition) is 2. The van der Waals surface area contributed by atoms with Crippen LogP contribution in [0.2, 0.25) is 0 Å². The summed E-state index contributed by atoms with van der Waals surface area (Å²) in [4.78, 5) is 32.4. The fraction of sp³-hybridized carbons (Fsp3) is 0. The summed E-state index contributed by atoms with van der Waals surface area (Å²) in [5.74, 6) is -0.949. The van der Waals surface area contributed by atoms with Gasteiger partial charge in [-0.05, 0) is 42.5 Å². The van der Waals surface area contributed by atoms with Gasteiger partial charge >= 0.3 is 0 Å². The molecule has 1 aliphatic rings. The fourth-order valence-corrected chi connectivity index (χ4v) is 5.29. The number of rotatable bonds is 5. The van der Waals surface area contributed by atoms with Gasteiger partial charge in [-0.2, -0.15) is 0 Å². The number of sulfonamides is 1. The largest absolute Gasteiger partial charge is 0.493 e. The summed E-state index contributed by atoms with van der Waals surface area (Å²) in [6, 6.07) is 18.1. The van der Waals surface area contributed by atoms with E-state index in [2.05, 4.69) is 9.98 Å². The van der Waals surface area contributed by atoms with E-state index in [1.54, 1.807) is 30.3 Å². The highest BCUT2D eigenvalue weighted by Crippen LogP contribution is 2.31. The number of carbonyl (C=O) groups is 1. The number of non-ortho nitro benzene ring substituents is 1. The number of aromatic hydroxyl groups is 1. The van der Waals surface area contributed by atoms with Crippen LogP contribution in [0.25, 0.3) is 11.3 Å². The molecule has 1 amide bonds. The Morgan fingerprint density at radius 3 is 2.39 bits per heavy atom. The van der Waals surface area contributed by atoms with Gasteiger partial charge in [0.25, 0.3) is 11.6 Å². The molecule has 0 fully saturated rings. The molecule has 3 aromatic carbocycles. The topological polar surface area (TPSA) is 170 Å². The summed E-state index contributed by atoms with van der Waals surface area (Å²) < 4.78 is 24.5. The fourth-order valence-electron chi connectivity index (χ4n) is 3.68. The molecule has 2 heterocycles. The van der Waals surface area contributed by atoms with Crippen LogP contribution in [-0.4, -0.2) is 28.9 Å². The third-order valence-corrected chi connectivity index (χ3v) is 7.30. The van der Waals surface area contributed by atoms with Crippen LogP contribution in [0.1, 0.15) is 4.88 Å². The van der Waals surface area contributed by atoms with Crippen molar-refractivity contribution >= 4 is 44.2 Å². The molecule has 0 bridgehead atoms. The van der Waals surface area contributed by atoms with E-state index in [9.17, 15) is 28.4 Å². The first kappa shape index (κ1) is 23.3. The van der Waals surface area contributed by atoms with Gasteiger partial charge in [0.15, 0.2) is 4.80 Å². The van der Waals surface area contributed by atoms with Crippen molar-refractivity contribution in [3.8, 4) is 11.6 Å². The van der Waals surface area contributed by atoms with Crippen molar-refractivity contribution in [2.24, 2.45) is 15.1 Å². The van der Waals surface area contributed by atoms with Crippen molar-refractivity contribution in [2.45, 2.75) is 4.90 Å². The van der Waals surface area contributed by atoms with Crippen molar-refractivity contribution in [2.75, 3.05) is 0 Å². The predicted molar refractivity (Wildman–Crippen MR) is 130 cm³/mol. The lowest BCUT2D eigenvalue weighted by molar-refractivity contribution is -0.385. The number of nitrogens with two attached hydrogens (primary N) is 1. The monoisotopic (exact) mass is 521 g/mol. The Balaban J connectivity index is 1.78. The smallest absolute Gasteiger partial charge is 0.279 e. The number of nitrogens with zero attached hydrogens (tertiary/aromatic N) is 4. The molecular formula is C23H15N5O6S2. The minimum absolute atomic E-state index is 0.0203. The van der Waals surface area contributed by atoms with Gasteiger partial charge in [0.05, 0.1) is 32.1 Å². The molecule has 1 aromatic heterocycles. The minimum Gasteiger partial charge on any atom is -0.493 e. The summed E-state index contributed by atoms with van der Waals surface area (Å²) >= 11 is 0.980. The number of carbonyl (C=O) groups excluding carboxylic acids is 1. The second kappa shape index (κ2) is 8.64. The first-order chi connectivity index (χ1) is 17.1. The Morgan fingerprint density at radius 2 is 1.75 bits per heavy atom. The Morgan fingerprint density at radius 1 is 1.06 bits per heavy atom. The van der Waals surface area contributed by atoms with Crippen LogP contribution in [0.15, 0.2) is 87.7 Å². The third kappa shape index (κ3) is 4.11. The molecular weight excluding hydrogens is 506 g/mol. The van der Waals surface area contributed by atoms with E-state index >= 15 is 0 Å². The molecule has 13 heteroatoms. The molecule has 180 valence electrons. The average molecular weight is 522 g/mol. The average Bonchev–Trinajstić information content (AvgIpc) is 3.33. The molecule has 5 rings (SSSR count). The molecule has 0 unspecified atom stereocenters. The van der Waals surface area contributed by atoms with Gasteiger partial charge in [0.1, 0.15) is 4.88 Å². The number of primary sulfonamides is 1. The van der Waals surface area contributed by atoms with E-state index in [1.807, 2.05) is 0 Å². The van der Waals surface area contributed by atoms with E-state index < -0.39 is 20.9 Å². The van der Waals surface area contributed by atoms with Gasteiger partial charge in [-0.15, -0.1) is 0 Å². The number of aromatic nitrogens is 1. The van der Waals surface area contributed by atoms with Crippen molar-refractivity contribution in [1.29, 1.82) is 0 Å². The van der Waals surface area contributed by atoms with Gasteiger partial charge in [-0.1, -0.05) is 29.5 Å². The van der Waals surface area contributed by atoms with Gasteiger partial charge < -0.3 is 5.11 Å². The zero-order chi connectivity index (χ0) is 25.6. The Bertz CT molecular complexity index is 1860. The van der Waals surface area contributed by atoms with Gasteiger partial charge in [-0.3, -0.25) is 19.5 Å².